The molecule has 0 aliphatic heterocycles. The van der Waals surface area contributed by atoms with E-state index < -0.39 is 22.5 Å². The van der Waals surface area contributed by atoms with E-state index in [-0.39, 0.29) is 28.6 Å². The lowest BCUT2D eigenvalue weighted by Crippen LogP contribution is -2.38. The molecule has 10 heteroatoms. The van der Waals surface area contributed by atoms with E-state index in [4.69, 9.17) is 4.74 Å². The molecule has 0 bridgehead atoms. The fourth-order valence-electron chi connectivity index (χ4n) is 2.90. The maximum atomic E-state index is 12.7. The molecule has 0 fully saturated rings. The number of methoxy groups -OCH3 is 1. The van der Waals surface area contributed by atoms with Gasteiger partial charge in [-0.2, -0.15) is 0 Å². The number of nitrogens with zero attached hydrogens (tertiary/aromatic N) is 1. The Hall–Kier alpha value is -3.24. The van der Waals surface area contributed by atoms with E-state index in [1.54, 1.807) is 43.5 Å². The quantitative estimate of drug-likeness (QED) is 0.390. The molecule has 0 aliphatic carbocycles. The van der Waals surface area contributed by atoms with Crippen LogP contribution >= 0.6 is 0 Å². The number of hydrogen-bond acceptors (Lipinski definition) is 6. The number of carbonyl (C=O) groups excluding carboxylic acids is 3. The largest absolute Gasteiger partial charge is 0.385 e. The molecule has 0 heterocycles. The van der Waals surface area contributed by atoms with E-state index in [9.17, 15) is 22.8 Å². The van der Waals surface area contributed by atoms with Crippen LogP contribution in [0.3, 0.4) is 0 Å². The second-order valence-corrected chi connectivity index (χ2v) is 8.98. The fourth-order valence-corrected chi connectivity index (χ4v) is 3.75. The number of amides is 2. The molecule has 0 saturated heterocycles. The number of para-hydroxylation sites is 1. The van der Waals surface area contributed by atoms with Crippen LogP contribution in [0, 0.1) is 0 Å². The van der Waals surface area contributed by atoms with Crippen LogP contribution in [0.4, 0.5) is 11.4 Å². The maximum Gasteiger partial charge on any atom is 0.253 e. The average Bonchev–Trinajstić information content (AvgIpc) is 2.74. The van der Waals surface area contributed by atoms with Gasteiger partial charge in [-0.3, -0.25) is 18.7 Å². The van der Waals surface area contributed by atoms with Crippen molar-refractivity contribution < 1.29 is 27.5 Å². The van der Waals surface area contributed by atoms with E-state index in [0.29, 0.717) is 25.1 Å². The fraction of sp³-hybridized carbons (Fsp3) is 0.318. The standard InChI is InChI=1S/C22H27N3O6S/c1-16(26)17-8-6-9-18(14-17)25(32(3,29)30)15-21(27)24-20-11-5-4-10-19(20)22(28)23-12-7-13-31-2/h4-6,8-11,14H,7,12-13,15H2,1-3H3,(H,23,28)(H,24,27). The Kier molecular flexibility index (Phi) is 8.91. The number of ketones is 1. The second-order valence-electron chi connectivity index (χ2n) is 7.07. The van der Waals surface area contributed by atoms with Crippen LogP contribution in [-0.4, -0.2) is 59.1 Å². The number of nitrogens with one attached hydrogen (secondary N) is 2. The molecular formula is C22H27N3O6S. The molecule has 0 radical (unpaired) electrons. The van der Waals surface area contributed by atoms with Crippen molar-refractivity contribution in [2.75, 3.05) is 42.7 Å². The molecule has 0 atom stereocenters. The molecule has 172 valence electrons. The average molecular weight is 462 g/mol. The Morgan fingerprint density at radius 3 is 2.44 bits per heavy atom. The zero-order chi connectivity index (χ0) is 23.7. The molecule has 2 aromatic rings. The number of sulfonamides is 1. The van der Waals surface area contributed by atoms with E-state index in [1.807, 2.05) is 0 Å². The molecular weight excluding hydrogens is 434 g/mol. The summed E-state index contributed by atoms with van der Waals surface area (Å²) < 4.78 is 30.5. The number of hydrogen-bond donors (Lipinski definition) is 2. The van der Waals surface area contributed by atoms with Crippen molar-refractivity contribution in [1.82, 2.24) is 5.32 Å². The minimum Gasteiger partial charge on any atom is -0.385 e. The van der Waals surface area contributed by atoms with Gasteiger partial charge in [-0.15, -0.1) is 0 Å². The summed E-state index contributed by atoms with van der Waals surface area (Å²) in [5.74, 6) is -1.23. The Balaban J connectivity index is 2.19. The summed E-state index contributed by atoms with van der Waals surface area (Å²) in [6.07, 6.45) is 1.61. The van der Waals surface area contributed by atoms with Gasteiger partial charge in [0.1, 0.15) is 6.54 Å². The SMILES string of the molecule is COCCCNC(=O)c1ccccc1NC(=O)CN(c1cccc(C(C)=O)c1)S(C)(=O)=O. The summed E-state index contributed by atoms with van der Waals surface area (Å²) in [4.78, 5) is 36.8. The van der Waals surface area contributed by atoms with Crippen LogP contribution in [0.15, 0.2) is 48.5 Å². The Bertz CT molecular complexity index is 1080. The van der Waals surface area contributed by atoms with Crippen molar-refractivity contribution in [3.63, 3.8) is 0 Å². The van der Waals surface area contributed by atoms with Crippen molar-refractivity contribution in [2.45, 2.75) is 13.3 Å². The van der Waals surface area contributed by atoms with Crippen LogP contribution in [0.2, 0.25) is 0 Å². The van der Waals surface area contributed by atoms with Crippen LogP contribution in [0.5, 0.6) is 0 Å². The zero-order valence-corrected chi connectivity index (χ0v) is 19.1. The number of rotatable bonds is 11. The molecule has 2 aromatic carbocycles. The predicted octanol–water partition coefficient (Wildman–Crippen LogP) is 2.06. The van der Waals surface area contributed by atoms with Gasteiger partial charge in [0.05, 0.1) is 23.2 Å². The van der Waals surface area contributed by atoms with Crippen molar-refractivity contribution in [3.8, 4) is 0 Å². The van der Waals surface area contributed by atoms with Gasteiger partial charge >= 0.3 is 0 Å². The summed E-state index contributed by atoms with van der Waals surface area (Å²) >= 11 is 0. The van der Waals surface area contributed by atoms with Gasteiger partial charge in [-0.05, 0) is 37.6 Å². The summed E-state index contributed by atoms with van der Waals surface area (Å²) in [6.45, 7) is 1.76. The number of benzene rings is 2. The first kappa shape index (κ1) is 25.0. The predicted molar refractivity (Wildman–Crippen MR) is 123 cm³/mol. The Labute approximate surface area is 187 Å². The highest BCUT2D eigenvalue weighted by molar-refractivity contribution is 7.92. The van der Waals surface area contributed by atoms with Crippen molar-refractivity contribution in [2.24, 2.45) is 0 Å². The summed E-state index contributed by atoms with van der Waals surface area (Å²) in [5.41, 5.74) is 1.03. The lowest BCUT2D eigenvalue weighted by Gasteiger charge is -2.22. The molecule has 2 rings (SSSR count). The monoisotopic (exact) mass is 461 g/mol. The first-order valence-electron chi connectivity index (χ1n) is 9.88. The van der Waals surface area contributed by atoms with E-state index in [1.165, 1.54) is 19.1 Å². The highest BCUT2D eigenvalue weighted by atomic mass is 32.2. The normalized spacial score (nSPS) is 11.0. The molecule has 32 heavy (non-hydrogen) atoms. The highest BCUT2D eigenvalue weighted by Gasteiger charge is 2.22. The molecule has 0 unspecified atom stereocenters. The topological polar surface area (TPSA) is 122 Å². The van der Waals surface area contributed by atoms with Gasteiger partial charge in [0.15, 0.2) is 5.78 Å². The highest BCUT2D eigenvalue weighted by Crippen LogP contribution is 2.20. The second kappa shape index (κ2) is 11.4. The number of ether oxygens (including phenoxy) is 1. The molecule has 9 nitrogen and oxygen atoms in total. The van der Waals surface area contributed by atoms with E-state index in [2.05, 4.69) is 10.6 Å². The summed E-state index contributed by atoms with van der Waals surface area (Å²) in [7, 11) is -2.25. The molecule has 0 saturated carbocycles. The van der Waals surface area contributed by atoms with Gasteiger partial charge in [-0.1, -0.05) is 24.3 Å². The summed E-state index contributed by atoms with van der Waals surface area (Å²) in [6, 6.07) is 12.5. The molecule has 0 aromatic heterocycles. The van der Waals surface area contributed by atoms with Crippen LogP contribution < -0.4 is 14.9 Å². The van der Waals surface area contributed by atoms with Gasteiger partial charge in [0.2, 0.25) is 15.9 Å². The minimum atomic E-state index is -3.82. The lowest BCUT2D eigenvalue weighted by molar-refractivity contribution is -0.114. The maximum absolute atomic E-state index is 12.7. The lowest BCUT2D eigenvalue weighted by atomic mass is 10.1. The van der Waals surface area contributed by atoms with Crippen LogP contribution in [0.1, 0.15) is 34.1 Å². The van der Waals surface area contributed by atoms with Crippen molar-refractivity contribution >= 4 is 39.0 Å². The summed E-state index contributed by atoms with van der Waals surface area (Å²) in [5, 5.41) is 5.35. The minimum absolute atomic E-state index is 0.194. The molecule has 0 spiro atoms. The third-order valence-corrected chi connectivity index (χ3v) is 5.63. The van der Waals surface area contributed by atoms with Crippen molar-refractivity contribution in [3.05, 3.63) is 59.7 Å². The molecule has 0 aliphatic rings. The zero-order valence-electron chi connectivity index (χ0n) is 18.3. The van der Waals surface area contributed by atoms with Gasteiger partial charge in [-0.25, -0.2) is 8.42 Å². The first-order chi connectivity index (χ1) is 15.1. The number of carbonyl (C=O) groups is 3. The number of anilines is 2. The number of Topliss-reactive ketones (excluding diaryl/α,β-unsaturated/α-hetero) is 1. The van der Waals surface area contributed by atoms with Gasteiger partial charge in [0, 0.05) is 25.8 Å². The first-order valence-corrected chi connectivity index (χ1v) is 11.7. The van der Waals surface area contributed by atoms with Gasteiger partial charge in [0.25, 0.3) is 5.91 Å². The van der Waals surface area contributed by atoms with Crippen LogP contribution in [-0.2, 0) is 19.6 Å². The van der Waals surface area contributed by atoms with E-state index in [0.717, 1.165) is 10.6 Å². The molecule has 2 N–H and O–H groups in total. The Morgan fingerprint density at radius 2 is 1.78 bits per heavy atom. The van der Waals surface area contributed by atoms with Gasteiger partial charge < -0.3 is 15.4 Å². The Morgan fingerprint density at radius 1 is 1.06 bits per heavy atom. The van der Waals surface area contributed by atoms with Crippen molar-refractivity contribution in [1.29, 1.82) is 0 Å². The van der Waals surface area contributed by atoms with Crippen LogP contribution in [0.25, 0.3) is 0 Å². The smallest absolute Gasteiger partial charge is 0.253 e. The third kappa shape index (κ3) is 7.17. The molecule has 2 amide bonds. The third-order valence-electron chi connectivity index (χ3n) is 4.48. The van der Waals surface area contributed by atoms with E-state index >= 15 is 0 Å².